The molecule has 8 unspecified atom stereocenters. The number of methoxy groups -OCH3 is 4. The number of aliphatic hydroxyl groups excluding tert-OH is 5. The minimum Gasteiger partial charge on any atom is -0.481 e. The number of benzene rings is 1. The number of ether oxygens (including phenoxy) is 14. The van der Waals surface area contributed by atoms with Crippen molar-refractivity contribution in [2.45, 2.75) is 148 Å². The average Bonchev–Trinajstić information content (AvgIpc) is 1.62. The fourth-order valence-electron chi connectivity index (χ4n) is 9.57. The summed E-state index contributed by atoms with van der Waals surface area (Å²) in [6, 6.07) is 11.0. The van der Waals surface area contributed by atoms with Crippen molar-refractivity contribution in [1.82, 2.24) is 35.4 Å². The predicted molar refractivity (Wildman–Crippen MR) is 388 cm³/mol. The number of morpholine rings is 1. The van der Waals surface area contributed by atoms with Crippen molar-refractivity contribution in [2.75, 3.05) is 171 Å². The Kier molecular flexibility index (Phi) is 49.1. The number of aromatic nitrogens is 3. The number of aliphatic hydroxyl groups is 5. The first-order valence-corrected chi connectivity index (χ1v) is 36.3. The number of thiol groups is 1. The normalized spacial score (nSPS) is 15.2. The van der Waals surface area contributed by atoms with Crippen LogP contribution in [-0.4, -0.2) is 313 Å². The fourth-order valence-corrected chi connectivity index (χ4v) is 9.68. The summed E-state index contributed by atoms with van der Waals surface area (Å²) in [5, 5.41) is 59.3. The van der Waals surface area contributed by atoms with E-state index in [9.17, 15) is 38.7 Å². The maximum Gasteiger partial charge on any atom is 0.508 e. The van der Waals surface area contributed by atoms with Crippen molar-refractivity contribution in [3.63, 3.8) is 0 Å². The van der Waals surface area contributed by atoms with Gasteiger partial charge in [-0.3, -0.25) is 28.9 Å². The molecule has 2 saturated heterocycles. The summed E-state index contributed by atoms with van der Waals surface area (Å²) in [6.07, 6.45) is -0.583. The highest BCUT2D eigenvalue weighted by Crippen LogP contribution is 2.35. The molecule has 606 valence electrons. The number of rotatable bonds is 46. The Morgan fingerprint density at radius 1 is 0.589 bits per heavy atom. The summed E-state index contributed by atoms with van der Waals surface area (Å²) in [5.74, 6) is -0.204. The lowest BCUT2D eigenvalue weighted by Crippen LogP contribution is -2.51. The molecule has 8 N–H and O–H groups in total. The number of furan rings is 1. The summed E-state index contributed by atoms with van der Waals surface area (Å²) in [7, 11) is 5.69. The summed E-state index contributed by atoms with van der Waals surface area (Å²) in [4.78, 5) is 102. The van der Waals surface area contributed by atoms with Crippen molar-refractivity contribution in [3.8, 4) is 17.1 Å². The van der Waals surface area contributed by atoms with Crippen LogP contribution in [0.25, 0.3) is 33.6 Å². The van der Waals surface area contributed by atoms with Crippen molar-refractivity contribution in [3.05, 3.63) is 42.6 Å². The largest absolute Gasteiger partial charge is 0.508 e. The standard InChI is InChI=1S/C38H49N7O10.C13H25NO7S.C12H22O7.C7H16O4/c1-3-27(24-46)53-32(50-2)25-52-31(48)11-5-10-30(47)39-13-14-43-15-17-45(18-16-43)38(49)54-28-8-4-7-26(23-28)35-41-33-29-9-6-12-40-37(29)55-34(33)36(42-35)44-19-21-51-22-20-44;1-3-10(8-15)21-12(18-2)9-20-13(17)19-6-4-11(16)14-5-7-22;1-3-9(7-13)19-12(17-2)8-18-11(16)6-4-5-10(14)15;1-3-6(4-8)11-7(5-9)10-2/h4,6-9,12,23,27,32,46H,3,5,10-11,13-22,24-25H2,1-2H3,(H,39,47);10,12,15,22H,3-9H2,1-2H3,(H,14,16);9,12-13H,3-8H2,1-2H3,(H,14,15);6-9H,3-5H2,1-2H3. The van der Waals surface area contributed by atoms with Gasteiger partial charge in [0.2, 0.25) is 17.5 Å². The van der Waals surface area contributed by atoms with Crippen molar-refractivity contribution in [1.29, 1.82) is 0 Å². The third-order valence-electron chi connectivity index (χ3n) is 15.9. The zero-order valence-electron chi connectivity index (χ0n) is 62.6. The molecule has 0 aliphatic carbocycles. The number of carboxylic acid groups (broad SMARTS) is 1. The number of pyridine rings is 1. The number of piperazine rings is 1. The summed E-state index contributed by atoms with van der Waals surface area (Å²) >= 11 is 3.95. The van der Waals surface area contributed by atoms with Gasteiger partial charge in [-0.2, -0.15) is 12.6 Å². The first-order chi connectivity index (χ1) is 51.7. The molecule has 107 heavy (non-hydrogen) atoms. The third-order valence-corrected chi connectivity index (χ3v) is 16.1. The number of esters is 2. The number of amides is 3. The van der Waals surface area contributed by atoms with Crippen LogP contribution in [0.5, 0.6) is 5.75 Å². The molecule has 2 aliphatic rings. The van der Waals surface area contributed by atoms with Gasteiger partial charge in [0.15, 0.2) is 42.4 Å². The molecule has 5 heterocycles. The molecule has 4 aromatic rings. The predicted octanol–water partition coefficient (Wildman–Crippen LogP) is 3.60. The Bertz CT molecular complexity index is 3120. The maximum atomic E-state index is 13.2. The van der Waals surface area contributed by atoms with Crippen LogP contribution < -0.4 is 20.3 Å². The Balaban J connectivity index is 0.000000466. The number of carbonyl (C=O) groups is 7. The lowest BCUT2D eigenvalue weighted by molar-refractivity contribution is -0.194. The van der Waals surface area contributed by atoms with E-state index >= 15 is 0 Å². The maximum absolute atomic E-state index is 13.2. The molecule has 0 spiro atoms. The highest BCUT2D eigenvalue weighted by atomic mass is 32.1. The Morgan fingerprint density at radius 2 is 1.11 bits per heavy atom. The number of aliphatic carboxylic acids is 1. The minimum absolute atomic E-state index is 0.0416. The molecular weight excluding hydrogens is 1430 g/mol. The summed E-state index contributed by atoms with van der Waals surface area (Å²) < 4.78 is 78.4. The van der Waals surface area contributed by atoms with E-state index in [1.165, 1.54) is 28.4 Å². The van der Waals surface area contributed by atoms with E-state index < -0.39 is 61.4 Å². The highest BCUT2D eigenvalue weighted by molar-refractivity contribution is 7.80. The van der Waals surface area contributed by atoms with E-state index in [0.717, 1.165) is 5.39 Å². The first kappa shape index (κ1) is 93.9. The zero-order valence-corrected chi connectivity index (χ0v) is 63.5. The number of anilines is 1. The molecule has 6 rings (SSSR count). The van der Waals surface area contributed by atoms with E-state index in [2.05, 4.69) is 38.0 Å². The van der Waals surface area contributed by atoms with E-state index in [0.29, 0.717) is 150 Å². The van der Waals surface area contributed by atoms with E-state index in [4.69, 9.17) is 106 Å². The molecule has 8 atom stereocenters. The van der Waals surface area contributed by atoms with Gasteiger partial charge in [-0.05, 0) is 62.8 Å². The number of hydrogen-bond donors (Lipinski definition) is 9. The molecule has 0 radical (unpaired) electrons. The second kappa shape index (κ2) is 56.0. The topological polar surface area (TPSA) is 456 Å². The van der Waals surface area contributed by atoms with Crippen LogP contribution in [0.3, 0.4) is 0 Å². The van der Waals surface area contributed by atoms with Crippen molar-refractivity contribution < 1.29 is 135 Å². The van der Waals surface area contributed by atoms with Crippen LogP contribution in [0.1, 0.15) is 98.3 Å². The van der Waals surface area contributed by atoms with Gasteiger partial charge in [0, 0.05) is 131 Å². The highest BCUT2D eigenvalue weighted by Gasteiger charge is 2.27. The summed E-state index contributed by atoms with van der Waals surface area (Å²) in [5.41, 5.74) is 2.42. The van der Waals surface area contributed by atoms with Gasteiger partial charge in [0.25, 0.3) is 0 Å². The van der Waals surface area contributed by atoms with Gasteiger partial charge in [-0.15, -0.1) is 0 Å². The molecule has 1 aromatic carbocycles. The van der Waals surface area contributed by atoms with Gasteiger partial charge in [-0.1, -0.05) is 39.8 Å². The van der Waals surface area contributed by atoms with Gasteiger partial charge in [-0.25, -0.2) is 24.5 Å². The third kappa shape index (κ3) is 37.6. The van der Waals surface area contributed by atoms with Crippen molar-refractivity contribution >= 4 is 82.6 Å². The lowest BCUT2D eigenvalue weighted by atomic mass is 10.2. The molecule has 36 nitrogen and oxygen atoms in total. The molecular formula is C70H112N8O28S. The molecule has 37 heteroatoms. The van der Waals surface area contributed by atoms with Gasteiger partial charge < -0.3 is 122 Å². The van der Waals surface area contributed by atoms with Crippen LogP contribution in [0.15, 0.2) is 47.0 Å². The van der Waals surface area contributed by atoms with Gasteiger partial charge in [0.1, 0.15) is 37.7 Å². The fraction of sp³-hybridized carbons (Fsp3) is 0.686. The van der Waals surface area contributed by atoms with Gasteiger partial charge >= 0.3 is 30.2 Å². The lowest BCUT2D eigenvalue weighted by Gasteiger charge is -2.34. The number of nitrogens with zero attached hydrogens (tertiary/aromatic N) is 6. The van der Waals surface area contributed by atoms with Crippen molar-refractivity contribution in [2.24, 2.45) is 0 Å². The minimum atomic E-state index is -0.945. The van der Waals surface area contributed by atoms with Crippen LogP contribution in [0, 0.1) is 0 Å². The van der Waals surface area contributed by atoms with Crippen LogP contribution in [0.2, 0.25) is 0 Å². The molecule has 0 bridgehead atoms. The van der Waals surface area contributed by atoms with Crippen LogP contribution >= 0.6 is 12.6 Å². The molecule has 3 aromatic heterocycles. The van der Waals surface area contributed by atoms with Gasteiger partial charge in [0.05, 0.1) is 82.5 Å². The van der Waals surface area contributed by atoms with Crippen LogP contribution in [0.4, 0.5) is 15.4 Å². The second-order valence-electron chi connectivity index (χ2n) is 23.6. The number of fused-ring (bicyclic) bond motifs is 3. The molecule has 2 aliphatic heterocycles. The Morgan fingerprint density at radius 3 is 1.63 bits per heavy atom. The number of hydrogen-bond acceptors (Lipinski definition) is 33. The monoisotopic (exact) mass is 1540 g/mol. The van der Waals surface area contributed by atoms with E-state index in [1.54, 1.807) is 23.2 Å². The number of carbonyl (C=O) groups excluding carboxylic acids is 6. The Labute approximate surface area is 628 Å². The number of carboxylic acids is 1. The SMILES string of the molecule is CCC(CO)OC(CO)OC.CCC(CO)OC(COC(=O)CCCC(=O)NCCN1CCN(C(=O)Oc2cccc(-c3nc(N4CCOCC4)c4oc5ncccc5c4n3)c2)CC1)OC.CCC(CO)OC(COC(=O)CCCC(=O)O)OC.CCC(CO)OC(COC(=O)OCCC(=O)NCCS)OC. The van der Waals surface area contributed by atoms with E-state index in [-0.39, 0.29) is 128 Å². The first-order valence-electron chi connectivity index (χ1n) is 35.6. The quantitative estimate of drug-likeness (QED) is 0.0132. The zero-order chi connectivity index (χ0) is 78.7. The molecule has 2 fully saturated rings. The number of nitrogens with one attached hydrogen (secondary N) is 2. The van der Waals surface area contributed by atoms with Crippen LogP contribution in [-0.2, 0) is 85.6 Å². The smallest absolute Gasteiger partial charge is 0.481 e. The second-order valence-corrected chi connectivity index (χ2v) is 24.1. The molecule has 0 saturated carbocycles. The van der Waals surface area contributed by atoms with E-state index in [1.807, 2.05) is 52.0 Å². The molecule has 3 amide bonds. The summed E-state index contributed by atoms with van der Waals surface area (Å²) in [6.45, 7) is 12.6. The average molecular weight is 1550 g/mol. The Hall–Kier alpha value is -7.31.